The van der Waals surface area contributed by atoms with Crippen molar-refractivity contribution in [3.05, 3.63) is 35.0 Å². The second kappa shape index (κ2) is 3.55. The number of carbonyl (C=O) groups is 1. The number of rotatable bonds is 3. The van der Waals surface area contributed by atoms with E-state index >= 15 is 0 Å². The zero-order chi connectivity index (χ0) is 10.9. The molecule has 78 valence electrons. The van der Waals surface area contributed by atoms with Gasteiger partial charge in [-0.05, 0) is 13.1 Å². The van der Waals surface area contributed by atoms with Crippen molar-refractivity contribution in [2.24, 2.45) is 4.99 Å². The zero-order valence-corrected chi connectivity index (χ0v) is 8.90. The number of hydrogen-bond acceptors (Lipinski definition) is 3. The Morgan fingerprint density at radius 1 is 1.53 bits per heavy atom. The molecule has 0 aromatic heterocycles. The molecule has 1 heterocycles. The van der Waals surface area contributed by atoms with E-state index in [0.717, 1.165) is 17.0 Å². The monoisotopic (exact) mass is 204 g/mol. The molecule has 1 atom stereocenters. The highest BCUT2D eigenvalue weighted by Crippen LogP contribution is 1.98. The average Bonchev–Trinajstić information content (AvgIpc) is 2.72. The molecule has 2 rings (SSSR count). The Balaban J connectivity index is 2.69. The molecule has 4 nitrogen and oxygen atoms in total. The van der Waals surface area contributed by atoms with E-state index < -0.39 is 5.66 Å². The predicted molar refractivity (Wildman–Crippen MR) is 56.9 cm³/mol. The van der Waals surface area contributed by atoms with Gasteiger partial charge in [0.15, 0.2) is 0 Å². The smallest absolute Gasteiger partial charge is 0.271 e. The number of nitrogens with zero attached hydrogens (tertiary/aromatic N) is 2. The molecule has 15 heavy (non-hydrogen) atoms. The van der Waals surface area contributed by atoms with Gasteiger partial charge in [0.05, 0.1) is 0 Å². The van der Waals surface area contributed by atoms with Gasteiger partial charge >= 0.3 is 0 Å². The van der Waals surface area contributed by atoms with Crippen LogP contribution in [0.25, 0.3) is 0 Å². The number of carbonyl (C=O) groups excluding carboxylic acids is 1. The number of fused-ring (bicyclic) bond motifs is 1. The van der Waals surface area contributed by atoms with Crippen molar-refractivity contribution in [1.29, 1.82) is 0 Å². The number of nitrogens with one attached hydrogen (secondary N) is 1. The Morgan fingerprint density at radius 2 is 2.27 bits per heavy atom. The summed E-state index contributed by atoms with van der Waals surface area (Å²) in [5.41, 5.74) is -0.684. The summed E-state index contributed by atoms with van der Waals surface area (Å²) in [6, 6.07) is 7.83. The van der Waals surface area contributed by atoms with Gasteiger partial charge in [-0.1, -0.05) is 12.1 Å². The molecule has 1 N–H and O–H groups in total. The highest BCUT2D eigenvalue weighted by molar-refractivity contribution is 5.63. The maximum atomic E-state index is 11.1. The van der Waals surface area contributed by atoms with Crippen LogP contribution in [0.4, 0.5) is 0 Å². The third-order valence-electron chi connectivity index (χ3n) is 2.85. The molecule has 0 saturated heterocycles. The van der Waals surface area contributed by atoms with Crippen molar-refractivity contribution >= 4 is 6.29 Å². The Morgan fingerprint density at radius 3 is 2.93 bits per heavy atom. The molecule has 0 radical (unpaired) electrons. The van der Waals surface area contributed by atoms with Crippen molar-refractivity contribution < 1.29 is 4.79 Å². The molecule has 1 aliphatic rings. The van der Waals surface area contributed by atoms with Gasteiger partial charge in [0.1, 0.15) is 5.36 Å². The van der Waals surface area contributed by atoms with Crippen molar-refractivity contribution in [3.63, 3.8) is 0 Å². The fraction of sp³-hybridized carbons (Fsp3) is 0.364. The minimum absolute atomic E-state index is 0.523. The summed E-state index contributed by atoms with van der Waals surface area (Å²) >= 11 is 0. The average molecular weight is 204 g/mol. The van der Waals surface area contributed by atoms with Crippen LogP contribution in [0.5, 0.6) is 0 Å². The molecule has 1 unspecified atom stereocenters. The van der Waals surface area contributed by atoms with E-state index in [4.69, 9.17) is 0 Å². The van der Waals surface area contributed by atoms with E-state index in [0.29, 0.717) is 6.67 Å². The largest absolute Gasteiger partial charge is 0.294 e. The van der Waals surface area contributed by atoms with Crippen LogP contribution in [0.1, 0.15) is 6.92 Å². The molecule has 1 aromatic rings. The maximum absolute atomic E-state index is 11.1. The van der Waals surface area contributed by atoms with Crippen LogP contribution < -0.4 is 20.6 Å². The quantitative estimate of drug-likeness (QED) is 0.502. The lowest BCUT2D eigenvalue weighted by molar-refractivity contribution is -0.114. The molecule has 1 aromatic carbocycles. The number of aldehydes is 1. The molecular weight excluding hydrogens is 190 g/mol. The standard InChI is InChI=1S/C11H14N3O/c1-11(7-15,12-2)14-8-13-9-5-3-4-6-10(9)14/h3-7,12H,8H2,1-2H3/q+1. The van der Waals surface area contributed by atoms with Gasteiger partial charge in [-0.3, -0.25) is 10.1 Å². The number of para-hydroxylation sites is 2. The van der Waals surface area contributed by atoms with Gasteiger partial charge in [-0.15, -0.1) is 0 Å². The molecule has 0 fully saturated rings. The molecule has 4 heteroatoms. The van der Waals surface area contributed by atoms with E-state index in [1.54, 1.807) is 7.05 Å². The van der Waals surface area contributed by atoms with Crippen LogP contribution in [0.15, 0.2) is 29.3 Å². The van der Waals surface area contributed by atoms with Gasteiger partial charge in [0.2, 0.25) is 18.3 Å². The first-order valence-electron chi connectivity index (χ1n) is 4.91. The first-order valence-corrected chi connectivity index (χ1v) is 4.91. The number of hydrogen-bond donors (Lipinski definition) is 1. The number of benzene rings is 1. The predicted octanol–water partition coefficient (Wildman–Crippen LogP) is -1.10. The lowest BCUT2D eigenvalue weighted by Crippen LogP contribution is -2.58. The van der Waals surface area contributed by atoms with E-state index in [9.17, 15) is 4.79 Å². The minimum atomic E-state index is -0.684. The van der Waals surface area contributed by atoms with Gasteiger partial charge in [0, 0.05) is 13.0 Å². The van der Waals surface area contributed by atoms with Crippen LogP contribution in [0.2, 0.25) is 0 Å². The molecule has 0 spiro atoms. The zero-order valence-electron chi connectivity index (χ0n) is 8.90. The minimum Gasteiger partial charge on any atom is -0.294 e. The summed E-state index contributed by atoms with van der Waals surface area (Å²) in [5, 5.41) is 4.96. The fourth-order valence-corrected chi connectivity index (χ4v) is 1.70. The summed E-state index contributed by atoms with van der Waals surface area (Å²) in [5.74, 6) is 0. The Hall–Kier alpha value is -1.55. The lowest BCUT2D eigenvalue weighted by Gasteiger charge is -2.17. The summed E-state index contributed by atoms with van der Waals surface area (Å²) < 4.78 is 1.95. The summed E-state index contributed by atoms with van der Waals surface area (Å²) in [4.78, 5) is 15.5. The van der Waals surface area contributed by atoms with Gasteiger partial charge in [-0.2, -0.15) is 4.58 Å². The van der Waals surface area contributed by atoms with E-state index in [-0.39, 0.29) is 0 Å². The first-order chi connectivity index (χ1) is 7.21. The van der Waals surface area contributed by atoms with Crippen molar-refractivity contribution in [3.8, 4) is 0 Å². The van der Waals surface area contributed by atoms with E-state index in [1.165, 1.54) is 0 Å². The van der Waals surface area contributed by atoms with Crippen LogP contribution >= 0.6 is 0 Å². The second-order valence-electron chi connectivity index (χ2n) is 3.73. The van der Waals surface area contributed by atoms with Crippen molar-refractivity contribution in [2.75, 3.05) is 13.7 Å². The molecule has 0 aliphatic carbocycles. The van der Waals surface area contributed by atoms with Gasteiger partial charge in [0.25, 0.3) is 5.66 Å². The summed E-state index contributed by atoms with van der Waals surface area (Å²) in [6.45, 7) is 2.37. The molecule has 0 saturated carbocycles. The van der Waals surface area contributed by atoms with Crippen LogP contribution in [-0.4, -0.2) is 25.7 Å². The molecule has 0 bridgehead atoms. The Bertz CT molecular complexity index is 509. The number of likely N-dealkylation sites (N-methyl/N-ethyl adjacent to an activating group) is 1. The first kappa shape index (κ1) is 9.98. The highest BCUT2D eigenvalue weighted by atomic mass is 16.1. The Kier molecular flexibility index (Phi) is 2.36. The van der Waals surface area contributed by atoms with Crippen molar-refractivity contribution in [1.82, 2.24) is 9.89 Å². The van der Waals surface area contributed by atoms with E-state index in [2.05, 4.69) is 10.3 Å². The topological polar surface area (TPSA) is 44.5 Å². The fourth-order valence-electron chi connectivity index (χ4n) is 1.70. The lowest BCUT2D eigenvalue weighted by atomic mass is 10.2. The van der Waals surface area contributed by atoms with Gasteiger partial charge in [-0.25, -0.2) is 4.99 Å². The van der Waals surface area contributed by atoms with Crippen LogP contribution in [0.3, 0.4) is 0 Å². The SMILES string of the molecule is CNC(C)(C=O)[N+]1=c2ccccc2=NC1. The summed E-state index contributed by atoms with van der Waals surface area (Å²) in [6.07, 6.45) is 0.907. The van der Waals surface area contributed by atoms with Crippen LogP contribution in [0, 0.1) is 0 Å². The van der Waals surface area contributed by atoms with Crippen molar-refractivity contribution in [2.45, 2.75) is 12.6 Å². The van der Waals surface area contributed by atoms with E-state index in [1.807, 2.05) is 35.8 Å². The third kappa shape index (κ3) is 1.47. The molecular formula is C11H14N3O+. The molecule has 0 amide bonds. The Labute approximate surface area is 88.0 Å². The van der Waals surface area contributed by atoms with Gasteiger partial charge < -0.3 is 0 Å². The normalized spacial score (nSPS) is 17.9. The maximum Gasteiger partial charge on any atom is 0.271 e. The third-order valence-corrected chi connectivity index (χ3v) is 2.85. The second-order valence-corrected chi connectivity index (χ2v) is 3.73. The summed E-state index contributed by atoms with van der Waals surface area (Å²) in [7, 11) is 1.77. The van der Waals surface area contributed by atoms with Crippen LogP contribution in [-0.2, 0) is 4.79 Å². The highest BCUT2D eigenvalue weighted by Gasteiger charge is 2.36. The molecule has 1 aliphatic heterocycles.